The lowest BCUT2D eigenvalue weighted by Gasteiger charge is -2.22. The van der Waals surface area contributed by atoms with Crippen molar-refractivity contribution in [2.75, 3.05) is 26.7 Å². The fourth-order valence-electron chi connectivity index (χ4n) is 3.26. The maximum atomic E-state index is 5.21. The highest BCUT2D eigenvalue weighted by atomic mass is 16.5. The van der Waals surface area contributed by atoms with E-state index in [1.165, 1.54) is 11.1 Å². The first-order valence-corrected chi connectivity index (χ1v) is 9.39. The minimum Gasteiger partial charge on any atom is -0.380 e. The summed E-state index contributed by atoms with van der Waals surface area (Å²) in [5.41, 5.74) is 2.39. The van der Waals surface area contributed by atoms with Gasteiger partial charge in [0.1, 0.15) is 0 Å². The van der Waals surface area contributed by atoms with Gasteiger partial charge < -0.3 is 15.4 Å². The van der Waals surface area contributed by atoms with Gasteiger partial charge in [0.2, 0.25) is 0 Å². The highest BCUT2D eigenvalue weighted by Gasteiger charge is 2.31. The number of likely N-dealkylation sites (tertiary alicyclic amines) is 1. The molecule has 0 bridgehead atoms. The standard InChI is InChI=1S/C20H34N4O/c1-6-21-20(23-19-13-24(15(2)3)12-16(19)4)22-11-17-8-7-9-18(10-17)14-25-5/h7-10,15-16,19H,6,11-14H2,1-5H3,(H2,21,22,23). The van der Waals surface area contributed by atoms with E-state index in [-0.39, 0.29) is 0 Å². The molecule has 1 heterocycles. The Balaban J connectivity index is 2.00. The van der Waals surface area contributed by atoms with Crippen molar-refractivity contribution in [1.29, 1.82) is 0 Å². The summed E-state index contributed by atoms with van der Waals surface area (Å²) in [5, 5.41) is 7.01. The molecule has 1 fully saturated rings. The van der Waals surface area contributed by atoms with E-state index in [1.54, 1.807) is 7.11 Å². The molecule has 140 valence electrons. The zero-order valence-corrected chi connectivity index (χ0v) is 16.4. The number of ether oxygens (including phenoxy) is 1. The molecule has 1 aromatic rings. The van der Waals surface area contributed by atoms with Crippen LogP contribution in [0.2, 0.25) is 0 Å². The van der Waals surface area contributed by atoms with Crippen LogP contribution in [-0.4, -0.2) is 49.7 Å². The lowest BCUT2D eigenvalue weighted by molar-refractivity contribution is 0.185. The highest BCUT2D eigenvalue weighted by molar-refractivity contribution is 5.80. The molecule has 0 saturated carbocycles. The molecule has 2 rings (SSSR count). The summed E-state index contributed by atoms with van der Waals surface area (Å²) in [6.07, 6.45) is 0. The molecule has 25 heavy (non-hydrogen) atoms. The van der Waals surface area contributed by atoms with E-state index in [2.05, 4.69) is 67.5 Å². The Labute approximate surface area is 152 Å². The summed E-state index contributed by atoms with van der Waals surface area (Å²) in [7, 11) is 1.72. The monoisotopic (exact) mass is 346 g/mol. The molecule has 0 aromatic heterocycles. The van der Waals surface area contributed by atoms with Crippen LogP contribution in [0.1, 0.15) is 38.8 Å². The fourth-order valence-corrected chi connectivity index (χ4v) is 3.26. The van der Waals surface area contributed by atoms with Gasteiger partial charge in [0.25, 0.3) is 0 Å². The van der Waals surface area contributed by atoms with Crippen molar-refractivity contribution in [3.63, 3.8) is 0 Å². The van der Waals surface area contributed by atoms with Crippen LogP contribution in [0.5, 0.6) is 0 Å². The van der Waals surface area contributed by atoms with Gasteiger partial charge in [0.15, 0.2) is 5.96 Å². The van der Waals surface area contributed by atoms with Crippen LogP contribution < -0.4 is 10.6 Å². The molecule has 0 radical (unpaired) electrons. The van der Waals surface area contributed by atoms with Crippen LogP contribution in [0.3, 0.4) is 0 Å². The zero-order valence-electron chi connectivity index (χ0n) is 16.4. The maximum absolute atomic E-state index is 5.21. The average Bonchev–Trinajstić information content (AvgIpc) is 2.95. The Kier molecular flexibility index (Phi) is 7.72. The predicted molar refractivity (Wildman–Crippen MR) is 105 cm³/mol. The number of hydrogen-bond acceptors (Lipinski definition) is 3. The Morgan fingerprint density at radius 3 is 2.72 bits per heavy atom. The first kappa shape index (κ1) is 19.7. The SMILES string of the molecule is CCNC(=NCc1cccc(COC)c1)NC1CN(C(C)C)CC1C. The molecule has 1 aliphatic heterocycles. The van der Waals surface area contributed by atoms with Gasteiger partial charge in [-0.15, -0.1) is 0 Å². The minimum absolute atomic E-state index is 0.444. The van der Waals surface area contributed by atoms with Gasteiger partial charge in [-0.05, 0) is 37.8 Å². The molecule has 1 aromatic carbocycles. The van der Waals surface area contributed by atoms with E-state index in [9.17, 15) is 0 Å². The van der Waals surface area contributed by atoms with Gasteiger partial charge in [0, 0.05) is 38.8 Å². The summed E-state index contributed by atoms with van der Waals surface area (Å²) in [4.78, 5) is 7.32. The van der Waals surface area contributed by atoms with Crippen LogP contribution >= 0.6 is 0 Å². The number of rotatable bonds is 7. The number of methoxy groups -OCH3 is 1. The van der Waals surface area contributed by atoms with E-state index in [0.717, 1.165) is 25.6 Å². The molecule has 1 saturated heterocycles. The van der Waals surface area contributed by atoms with Crippen molar-refractivity contribution in [2.45, 2.75) is 52.9 Å². The largest absolute Gasteiger partial charge is 0.380 e. The van der Waals surface area contributed by atoms with Crippen molar-refractivity contribution in [2.24, 2.45) is 10.9 Å². The summed E-state index contributed by atoms with van der Waals surface area (Å²) in [5.74, 6) is 1.53. The molecule has 2 unspecified atom stereocenters. The van der Waals surface area contributed by atoms with Gasteiger partial charge in [-0.3, -0.25) is 4.90 Å². The van der Waals surface area contributed by atoms with Crippen LogP contribution in [-0.2, 0) is 17.9 Å². The van der Waals surface area contributed by atoms with Crippen LogP contribution in [0.25, 0.3) is 0 Å². The Hall–Kier alpha value is -1.59. The number of hydrogen-bond donors (Lipinski definition) is 2. The second-order valence-corrected chi connectivity index (χ2v) is 7.22. The summed E-state index contributed by atoms with van der Waals surface area (Å²) in [6.45, 7) is 13.4. The molecule has 0 spiro atoms. The lowest BCUT2D eigenvalue weighted by atomic mass is 10.1. The van der Waals surface area contributed by atoms with Gasteiger partial charge in [-0.1, -0.05) is 31.2 Å². The number of nitrogens with one attached hydrogen (secondary N) is 2. The van der Waals surface area contributed by atoms with Crippen molar-refractivity contribution in [3.8, 4) is 0 Å². The summed E-state index contributed by atoms with van der Waals surface area (Å²) in [6, 6.07) is 9.47. The van der Waals surface area contributed by atoms with Gasteiger partial charge in [-0.25, -0.2) is 4.99 Å². The second-order valence-electron chi connectivity index (χ2n) is 7.22. The Bertz CT molecular complexity index is 558. The Morgan fingerprint density at radius 1 is 1.32 bits per heavy atom. The third-order valence-electron chi connectivity index (χ3n) is 4.76. The first-order chi connectivity index (χ1) is 12.0. The second kappa shape index (κ2) is 9.78. The molecule has 5 heteroatoms. The van der Waals surface area contributed by atoms with Crippen molar-refractivity contribution >= 4 is 5.96 Å². The molecule has 2 N–H and O–H groups in total. The highest BCUT2D eigenvalue weighted by Crippen LogP contribution is 2.18. The van der Waals surface area contributed by atoms with E-state index in [0.29, 0.717) is 31.2 Å². The van der Waals surface area contributed by atoms with Crippen molar-refractivity contribution in [3.05, 3.63) is 35.4 Å². The third-order valence-corrected chi connectivity index (χ3v) is 4.76. The molecular weight excluding hydrogens is 312 g/mol. The van der Waals surface area contributed by atoms with Crippen molar-refractivity contribution < 1.29 is 4.74 Å². The quantitative estimate of drug-likeness (QED) is 0.589. The summed E-state index contributed by atoms with van der Waals surface area (Å²) >= 11 is 0. The van der Waals surface area contributed by atoms with E-state index < -0.39 is 0 Å². The van der Waals surface area contributed by atoms with Crippen LogP contribution in [0, 0.1) is 5.92 Å². The zero-order chi connectivity index (χ0) is 18.2. The molecule has 5 nitrogen and oxygen atoms in total. The van der Waals surface area contributed by atoms with Crippen LogP contribution in [0.15, 0.2) is 29.3 Å². The van der Waals surface area contributed by atoms with Gasteiger partial charge in [0.05, 0.1) is 13.2 Å². The lowest BCUT2D eigenvalue weighted by Crippen LogP contribution is -2.46. The smallest absolute Gasteiger partial charge is 0.191 e. The summed E-state index contributed by atoms with van der Waals surface area (Å²) < 4.78 is 5.21. The van der Waals surface area contributed by atoms with Crippen molar-refractivity contribution in [1.82, 2.24) is 15.5 Å². The van der Waals surface area contributed by atoms with Crippen LogP contribution in [0.4, 0.5) is 0 Å². The maximum Gasteiger partial charge on any atom is 0.191 e. The number of aliphatic imine (C=N–C) groups is 1. The number of nitrogens with zero attached hydrogens (tertiary/aromatic N) is 2. The first-order valence-electron chi connectivity index (χ1n) is 9.39. The molecule has 0 amide bonds. The van der Waals surface area contributed by atoms with Gasteiger partial charge >= 0.3 is 0 Å². The average molecular weight is 347 g/mol. The molecule has 2 atom stereocenters. The molecular formula is C20H34N4O. The fraction of sp³-hybridized carbons (Fsp3) is 0.650. The minimum atomic E-state index is 0.444. The van der Waals surface area contributed by atoms with E-state index in [4.69, 9.17) is 9.73 Å². The van der Waals surface area contributed by atoms with E-state index in [1.807, 2.05) is 0 Å². The topological polar surface area (TPSA) is 48.9 Å². The molecule has 1 aliphatic rings. The Morgan fingerprint density at radius 2 is 2.08 bits per heavy atom. The third kappa shape index (κ3) is 6.01. The normalized spacial score (nSPS) is 21.8. The number of benzene rings is 1. The number of guanidine groups is 1. The predicted octanol–water partition coefficient (Wildman–Crippen LogP) is 2.62. The van der Waals surface area contributed by atoms with Gasteiger partial charge in [-0.2, -0.15) is 0 Å². The molecule has 0 aliphatic carbocycles. The van der Waals surface area contributed by atoms with E-state index >= 15 is 0 Å².